The fourth-order valence-corrected chi connectivity index (χ4v) is 3.91. The first-order valence-electron chi connectivity index (χ1n) is 8.60. The van der Waals surface area contributed by atoms with Crippen molar-refractivity contribution >= 4 is 5.91 Å². The molecular formula is C19H21N3O2. The van der Waals surface area contributed by atoms with Crippen LogP contribution in [0.1, 0.15) is 60.5 Å². The van der Waals surface area contributed by atoms with E-state index in [-0.39, 0.29) is 17.6 Å². The minimum Gasteiger partial charge on any atom is -0.487 e. The summed E-state index contributed by atoms with van der Waals surface area (Å²) in [6.07, 6.45) is 11.1. The van der Waals surface area contributed by atoms with Gasteiger partial charge in [0.05, 0.1) is 11.6 Å². The van der Waals surface area contributed by atoms with Crippen LogP contribution in [0.5, 0.6) is 5.75 Å². The van der Waals surface area contributed by atoms with Crippen LogP contribution < -0.4 is 10.1 Å². The SMILES string of the molecule is O=C(NC1CC2(CCCCC2)Oc2ccccc21)c1cncnc1. The van der Waals surface area contributed by atoms with Crippen LogP contribution >= 0.6 is 0 Å². The molecule has 0 bridgehead atoms. The van der Waals surface area contributed by atoms with E-state index in [1.807, 2.05) is 24.3 Å². The average molecular weight is 323 g/mol. The molecule has 2 heterocycles. The normalized spacial score (nSPS) is 21.6. The summed E-state index contributed by atoms with van der Waals surface area (Å²) in [6, 6.07) is 7.99. The molecule has 1 unspecified atom stereocenters. The molecule has 5 heteroatoms. The molecule has 5 nitrogen and oxygen atoms in total. The zero-order chi connectivity index (χ0) is 16.4. The number of rotatable bonds is 2. The highest BCUT2D eigenvalue weighted by Gasteiger charge is 2.42. The topological polar surface area (TPSA) is 64.1 Å². The van der Waals surface area contributed by atoms with Gasteiger partial charge < -0.3 is 10.1 Å². The Hall–Kier alpha value is -2.43. The average Bonchev–Trinajstić information content (AvgIpc) is 2.63. The maximum Gasteiger partial charge on any atom is 0.254 e. The Morgan fingerprint density at radius 3 is 2.67 bits per heavy atom. The second kappa shape index (κ2) is 6.23. The van der Waals surface area contributed by atoms with Gasteiger partial charge in [-0.3, -0.25) is 4.79 Å². The number of ether oxygens (including phenoxy) is 1. The van der Waals surface area contributed by atoms with Crippen LogP contribution in [0, 0.1) is 0 Å². The predicted molar refractivity (Wildman–Crippen MR) is 89.7 cm³/mol. The molecule has 1 aliphatic carbocycles. The highest BCUT2D eigenvalue weighted by atomic mass is 16.5. The molecule has 4 rings (SSSR count). The van der Waals surface area contributed by atoms with Crippen LogP contribution in [-0.2, 0) is 0 Å². The van der Waals surface area contributed by atoms with Crippen LogP contribution in [0.25, 0.3) is 0 Å². The molecule has 1 spiro atoms. The summed E-state index contributed by atoms with van der Waals surface area (Å²) in [7, 11) is 0. The lowest BCUT2D eigenvalue weighted by molar-refractivity contribution is -0.00210. The Labute approximate surface area is 141 Å². The Morgan fingerprint density at radius 1 is 1.12 bits per heavy atom. The van der Waals surface area contributed by atoms with Gasteiger partial charge in [-0.25, -0.2) is 9.97 Å². The number of carbonyl (C=O) groups is 1. The van der Waals surface area contributed by atoms with Crippen molar-refractivity contribution in [1.29, 1.82) is 0 Å². The van der Waals surface area contributed by atoms with E-state index in [0.29, 0.717) is 5.56 Å². The summed E-state index contributed by atoms with van der Waals surface area (Å²) in [5, 5.41) is 3.16. The highest BCUT2D eigenvalue weighted by molar-refractivity contribution is 5.93. The molecule has 124 valence electrons. The van der Waals surface area contributed by atoms with E-state index in [2.05, 4.69) is 15.3 Å². The van der Waals surface area contributed by atoms with E-state index in [1.54, 1.807) is 12.4 Å². The van der Waals surface area contributed by atoms with Gasteiger partial charge in [0.1, 0.15) is 17.7 Å². The summed E-state index contributed by atoms with van der Waals surface area (Å²) in [5.74, 6) is 0.767. The quantitative estimate of drug-likeness (QED) is 0.919. The number of hydrogen-bond acceptors (Lipinski definition) is 4. The number of carbonyl (C=O) groups excluding carboxylic acids is 1. The summed E-state index contributed by atoms with van der Waals surface area (Å²) in [6.45, 7) is 0. The molecule has 2 aliphatic rings. The monoisotopic (exact) mass is 323 g/mol. The lowest BCUT2D eigenvalue weighted by Gasteiger charge is -2.44. The summed E-state index contributed by atoms with van der Waals surface area (Å²) in [5.41, 5.74) is 1.40. The fourth-order valence-electron chi connectivity index (χ4n) is 3.91. The van der Waals surface area contributed by atoms with E-state index in [1.165, 1.54) is 25.6 Å². The van der Waals surface area contributed by atoms with E-state index in [4.69, 9.17) is 4.74 Å². The number of amides is 1. The third-order valence-electron chi connectivity index (χ3n) is 5.09. The molecule has 1 N–H and O–H groups in total. The lowest BCUT2D eigenvalue weighted by atomic mass is 9.77. The third-order valence-corrected chi connectivity index (χ3v) is 5.09. The van der Waals surface area contributed by atoms with Crippen LogP contribution in [0.15, 0.2) is 43.0 Å². The van der Waals surface area contributed by atoms with Crippen LogP contribution in [0.4, 0.5) is 0 Å². The van der Waals surface area contributed by atoms with Gasteiger partial charge >= 0.3 is 0 Å². The van der Waals surface area contributed by atoms with Crippen molar-refractivity contribution in [2.24, 2.45) is 0 Å². The maximum absolute atomic E-state index is 12.6. The zero-order valence-corrected chi connectivity index (χ0v) is 13.6. The minimum absolute atomic E-state index is 0.0410. The van der Waals surface area contributed by atoms with Crippen LogP contribution in [0.2, 0.25) is 0 Å². The second-order valence-electron chi connectivity index (χ2n) is 6.74. The molecule has 1 fully saturated rings. The first-order chi connectivity index (χ1) is 11.8. The lowest BCUT2D eigenvalue weighted by Crippen LogP contribution is -2.46. The maximum atomic E-state index is 12.6. The van der Waals surface area contributed by atoms with Crippen molar-refractivity contribution in [1.82, 2.24) is 15.3 Å². The minimum atomic E-state index is -0.141. The standard InChI is InChI=1S/C19H21N3O2/c23-18(14-11-20-13-21-12-14)22-16-10-19(8-4-1-5-9-19)24-17-7-3-2-6-15(16)17/h2-3,6-7,11-13,16H,1,4-5,8-10H2,(H,22,23). The molecule has 1 saturated carbocycles. The Morgan fingerprint density at radius 2 is 1.88 bits per heavy atom. The predicted octanol–water partition coefficient (Wildman–Crippen LogP) is 3.43. The van der Waals surface area contributed by atoms with Gasteiger partial charge in [-0.2, -0.15) is 0 Å². The second-order valence-corrected chi connectivity index (χ2v) is 6.74. The van der Waals surface area contributed by atoms with Gasteiger partial charge in [0.2, 0.25) is 0 Å². The molecule has 1 amide bonds. The number of nitrogens with one attached hydrogen (secondary N) is 1. The Kier molecular flexibility index (Phi) is 3.92. The van der Waals surface area contributed by atoms with E-state index in [9.17, 15) is 4.79 Å². The Bertz CT molecular complexity index is 726. The van der Waals surface area contributed by atoms with Crippen molar-refractivity contribution < 1.29 is 9.53 Å². The fraction of sp³-hybridized carbons (Fsp3) is 0.421. The first kappa shape index (κ1) is 15.1. The largest absolute Gasteiger partial charge is 0.487 e. The van der Waals surface area contributed by atoms with Crippen molar-refractivity contribution in [3.8, 4) is 5.75 Å². The molecule has 1 atom stereocenters. The number of fused-ring (bicyclic) bond motifs is 1. The molecule has 2 aromatic rings. The van der Waals surface area contributed by atoms with Crippen LogP contribution in [0.3, 0.4) is 0 Å². The smallest absolute Gasteiger partial charge is 0.254 e. The number of benzene rings is 1. The van der Waals surface area contributed by atoms with Gasteiger partial charge in [0.25, 0.3) is 5.91 Å². The molecular weight excluding hydrogens is 302 g/mol. The summed E-state index contributed by atoms with van der Waals surface area (Å²) >= 11 is 0. The number of hydrogen-bond donors (Lipinski definition) is 1. The van der Waals surface area contributed by atoms with Gasteiger partial charge in [-0.15, -0.1) is 0 Å². The third kappa shape index (κ3) is 2.86. The van der Waals surface area contributed by atoms with Gasteiger partial charge in [-0.1, -0.05) is 24.6 Å². The van der Waals surface area contributed by atoms with Crippen LogP contribution in [-0.4, -0.2) is 21.5 Å². The first-order valence-corrected chi connectivity index (χ1v) is 8.60. The van der Waals surface area contributed by atoms with E-state index < -0.39 is 0 Å². The van der Waals surface area contributed by atoms with Gasteiger partial charge in [0.15, 0.2) is 0 Å². The highest BCUT2D eigenvalue weighted by Crippen LogP contribution is 2.46. The van der Waals surface area contributed by atoms with Gasteiger partial charge in [-0.05, 0) is 31.7 Å². The molecule has 0 saturated heterocycles. The molecule has 24 heavy (non-hydrogen) atoms. The van der Waals surface area contributed by atoms with E-state index >= 15 is 0 Å². The molecule has 1 aromatic heterocycles. The molecule has 1 aliphatic heterocycles. The zero-order valence-electron chi connectivity index (χ0n) is 13.6. The number of para-hydroxylation sites is 1. The summed E-state index contributed by atoms with van der Waals surface area (Å²) < 4.78 is 6.40. The Balaban J connectivity index is 1.62. The van der Waals surface area contributed by atoms with E-state index in [0.717, 1.165) is 30.6 Å². The molecule has 1 aromatic carbocycles. The van der Waals surface area contributed by atoms with Crippen molar-refractivity contribution in [2.75, 3.05) is 0 Å². The van der Waals surface area contributed by atoms with Crippen molar-refractivity contribution in [3.05, 3.63) is 54.1 Å². The number of aromatic nitrogens is 2. The molecule has 0 radical (unpaired) electrons. The number of nitrogens with zero attached hydrogens (tertiary/aromatic N) is 2. The van der Waals surface area contributed by atoms with Crippen molar-refractivity contribution in [3.63, 3.8) is 0 Å². The van der Waals surface area contributed by atoms with Gasteiger partial charge in [0, 0.05) is 24.4 Å². The van der Waals surface area contributed by atoms with Crippen molar-refractivity contribution in [2.45, 2.75) is 50.2 Å². The summed E-state index contributed by atoms with van der Waals surface area (Å²) in [4.78, 5) is 20.4.